The summed E-state index contributed by atoms with van der Waals surface area (Å²) in [5.41, 5.74) is 0.261. The van der Waals surface area contributed by atoms with Crippen molar-refractivity contribution in [3.05, 3.63) is 33.8 Å². The largest absolute Gasteiger partial charge is 0.480 e. The third-order valence-electron chi connectivity index (χ3n) is 2.63. The number of carboxylic acids is 1. The van der Waals surface area contributed by atoms with Gasteiger partial charge in [0, 0.05) is 19.3 Å². The van der Waals surface area contributed by atoms with Crippen LogP contribution in [0.25, 0.3) is 0 Å². The van der Waals surface area contributed by atoms with Crippen molar-refractivity contribution in [3.63, 3.8) is 0 Å². The van der Waals surface area contributed by atoms with E-state index < -0.39 is 17.9 Å². The van der Waals surface area contributed by atoms with Crippen LogP contribution in [-0.4, -0.2) is 36.7 Å². The number of nitrogens with one attached hydrogen (secondary N) is 1. The summed E-state index contributed by atoms with van der Waals surface area (Å²) in [7, 11) is 1.53. The first-order valence-electron chi connectivity index (χ1n) is 5.93. The van der Waals surface area contributed by atoms with E-state index in [1.807, 2.05) is 0 Å². The molecule has 0 aliphatic rings. The number of amides is 1. The van der Waals surface area contributed by atoms with Crippen molar-refractivity contribution >= 4 is 35.1 Å². The van der Waals surface area contributed by atoms with E-state index in [0.29, 0.717) is 18.1 Å². The summed E-state index contributed by atoms with van der Waals surface area (Å²) in [4.78, 5) is 23.0. The Hall–Kier alpha value is -1.30. The summed E-state index contributed by atoms with van der Waals surface area (Å²) < 4.78 is 4.85. The molecule has 1 aromatic carbocycles. The molecule has 7 heteroatoms. The van der Waals surface area contributed by atoms with Crippen LogP contribution in [0.3, 0.4) is 0 Å². The highest BCUT2D eigenvalue weighted by Gasteiger charge is 2.20. The first kappa shape index (κ1) is 16.8. The molecule has 0 bridgehead atoms. The summed E-state index contributed by atoms with van der Waals surface area (Å²) in [6.45, 7) is 0.437. The maximum atomic E-state index is 11.9. The molecule has 0 radical (unpaired) electrons. The van der Waals surface area contributed by atoms with Gasteiger partial charge in [0.25, 0.3) is 5.91 Å². The van der Waals surface area contributed by atoms with Gasteiger partial charge in [0.2, 0.25) is 0 Å². The van der Waals surface area contributed by atoms with E-state index >= 15 is 0 Å². The number of ether oxygens (including phenoxy) is 1. The van der Waals surface area contributed by atoms with Crippen LogP contribution in [0.2, 0.25) is 10.0 Å². The second-order valence-corrected chi connectivity index (χ2v) is 4.94. The van der Waals surface area contributed by atoms with Crippen LogP contribution < -0.4 is 5.32 Å². The quantitative estimate of drug-likeness (QED) is 0.757. The molecule has 1 aromatic rings. The number of hydrogen-bond acceptors (Lipinski definition) is 3. The van der Waals surface area contributed by atoms with E-state index in [1.165, 1.54) is 25.3 Å². The highest BCUT2D eigenvalue weighted by molar-refractivity contribution is 6.42. The predicted molar refractivity (Wildman–Crippen MR) is 76.5 cm³/mol. The molecule has 0 aliphatic carbocycles. The van der Waals surface area contributed by atoms with Gasteiger partial charge in [-0.05, 0) is 31.0 Å². The van der Waals surface area contributed by atoms with E-state index in [2.05, 4.69) is 5.32 Å². The van der Waals surface area contributed by atoms with Gasteiger partial charge in [0.1, 0.15) is 6.04 Å². The Kier molecular flexibility index (Phi) is 6.78. The zero-order valence-corrected chi connectivity index (χ0v) is 12.4. The number of methoxy groups -OCH3 is 1. The summed E-state index contributed by atoms with van der Waals surface area (Å²) in [6.07, 6.45) is 0.825. The third-order valence-corrected chi connectivity index (χ3v) is 3.37. The normalized spacial score (nSPS) is 11.9. The van der Waals surface area contributed by atoms with Crippen molar-refractivity contribution in [1.82, 2.24) is 5.32 Å². The molecular formula is C13H15Cl2NO4. The van der Waals surface area contributed by atoms with Gasteiger partial charge in [0.05, 0.1) is 10.0 Å². The van der Waals surface area contributed by atoms with Gasteiger partial charge in [-0.1, -0.05) is 23.2 Å². The molecule has 0 fully saturated rings. The van der Waals surface area contributed by atoms with Crippen LogP contribution in [0, 0.1) is 0 Å². The molecule has 1 rings (SSSR count). The summed E-state index contributed by atoms with van der Waals surface area (Å²) in [5, 5.41) is 12.1. The second kappa shape index (κ2) is 8.09. The number of carboxylic acid groups (broad SMARTS) is 1. The maximum absolute atomic E-state index is 11.9. The standard InChI is InChI=1S/C13H15Cl2NO4/c1-20-6-2-3-11(13(18)19)16-12(17)8-4-5-9(14)10(15)7-8/h4-5,7,11H,2-3,6H2,1H3,(H,16,17)(H,18,19). The van der Waals surface area contributed by atoms with Crippen molar-refractivity contribution in [2.24, 2.45) is 0 Å². The molecule has 110 valence electrons. The summed E-state index contributed by atoms with van der Waals surface area (Å²) in [5.74, 6) is -1.59. The highest BCUT2D eigenvalue weighted by Crippen LogP contribution is 2.22. The van der Waals surface area contributed by atoms with Crippen LogP contribution in [0.15, 0.2) is 18.2 Å². The number of carbonyl (C=O) groups is 2. The second-order valence-electron chi connectivity index (χ2n) is 4.13. The number of halogens is 2. The monoisotopic (exact) mass is 319 g/mol. The van der Waals surface area contributed by atoms with Gasteiger partial charge in [-0.15, -0.1) is 0 Å². The lowest BCUT2D eigenvalue weighted by molar-refractivity contribution is -0.139. The molecular weight excluding hydrogens is 305 g/mol. The van der Waals surface area contributed by atoms with E-state index in [9.17, 15) is 9.59 Å². The lowest BCUT2D eigenvalue weighted by Crippen LogP contribution is -2.40. The summed E-state index contributed by atoms with van der Waals surface area (Å²) >= 11 is 11.6. The molecule has 1 unspecified atom stereocenters. The third kappa shape index (κ3) is 5.00. The number of aliphatic carboxylic acids is 1. The first-order valence-corrected chi connectivity index (χ1v) is 6.69. The maximum Gasteiger partial charge on any atom is 0.326 e. The van der Waals surface area contributed by atoms with Gasteiger partial charge in [-0.3, -0.25) is 4.79 Å². The van der Waals surface area contributed by atoms with E-state index in [-0.39, 0.29) is 17.0 Å². The van der Waals surface area contributed by atoms with Crippen LogP contribution in [0.1, 0.15) is 23.2 Å². The fraction of sp³-hybridized carbons (Fsp3) is 0.385. The van der Waals surface area contributed by atoms with Crippen LogP contribution in [0.5, 0.6) is 0 Å². The predicted octanol–water partition coefficient (Wildman–Crippen LogP) is 2.60. The Morgan fingerprint density at radius 1 is 1.35 bits per heavy atom. The van der Waals surface area contributed by atoms with Gasteiger partial charge in [0.15, 0.2) is 0 Å². The first-order chi connectivity index (χ1) is 9.45. The van der Waals surface area contributed by atoms with Crippen molar-refractivity contribution in [2.45, 2.75) is 18.9 Å². The average molecular weight is 320 g/mol. The molecule has 0 saturated carbocycles. The lowest BCUT2D eigenvalue weighted by atomic mass is 10.1. The summed E-state index contributed by atoms with van der Waals surface area (Å²) in [6, 6.07) is 3.40. The van der Waals surface area contributed by atoms with Crippen LogP contribution in [0.4, 0.5) is 0 Å². The SMILES string of the molecule is COCCCC(NC(=O)c1ccc(Cl)c(Cl)c1)C(=O)O. The van der Waals surface area contributed by atoms with Crippen molar-refractivity contribution in [1.29, 1.82) is 0 Å². The zero-order chi connectivity index (χ0) is 15.1. The van der Waals surface area contributed by atoms with Gasteiger partial charge in [-0.25, -0.2) is 4.79 Å². The van der Waals surface area contributed by atoms with Gasteiger partial charge < -0.3 is 15.2 Å². The zero-order valence-electron chi connectivity index (χ0n) is 10.9. The molecule has 2 N–H and O–H groups in total. The van der Waals surface area contributed by atoms with E-state index in [4.69, 9.17) is 33.0 Å². The van der Waals surface area contributed by atoms with E-state index in [1.54, 1.807) is 0 Å². The molecule has 20 heavy (non-hydrogen) atoms. The van der Waals surface area contributed by atoms with Gasteiger partial charge >= 0.3 is 5.97 Å². The number of hydrogen-bond donors (Lipinski definition) is 2. The smallest absolute Gasteiger partial charge is 0.326 e. The van der Waals surface area contributed by atoms with Crippen molar-refractivity contribution in [2.75, 3.05) is 13.7 Å². The Labute approximate surface area is 126 Å². The molecule has 0 aromatic heterocycles. The number of benzene rings is 1. The fourth-order valence-corrected chi connectivity index (χ4v) is 1.87. The molecule has 1 amide bonds. The topological polar surface area (TPSA) is 75.6 Å². The number of carbonyl (C=O) groups excluding carboxylic acids is 1. The average Bonchev–Trinajstić information content (AvgIpc) is 2.40. The molecule has 0 saturated heterocycles. The molecule has 0 spiro atoms. The highest BCUT2D eigenvalue weighted by atomic mass is 35.5. The Balaban J connectivity index is 2.69. The van der Waals surface area contributed by atoms with E-state index in [0.717, 1.165) is 0 Å². The minimum absolute atomic E-state index is 0.241. The van der Waals surface area contributed by atoms with Crippen molar-refractivity contribution < 1.29 is 19.4 Å². The van der Waals surface area contributed by atoms with Crippen LogP contribution >= 0.6 is 23.2 Å². The Morgan fingerprint density at radius 2 is 2.05 bits per heavy atom. The Morgan fingerprint density at radius 3 is 2.60 bits per heavy atom. The lowest BCUT2D eigenvalue weighted by Gasteiger charge is -2.14. The Bertz CT molecular complexity index is 493. The molecule has 0 aliphatic heterocycles. The molecule has 5 nitrogen and oxygen atoms in total. The number of rotatable bonds is 7. The minimum atomic E-state index is -1.09. The van der Waals surface area contributed by atoms with Crippen molar-refractivity contribution in [3.8, 4) is 0 Å². The fourth-order valence-electron chi connectivity index (χ4n) is 1.57. The minimum Gasteiger partial charge on any atom is -0.480 e. The molecule has 1 atom stereocenters. The van der Waals surface area contributed by atoms with Gasteiger partial charge in [-0.2, -0.15) is 0 Å². The molecule has 0 heterocycles. The van der Waals surface area contributed by atoms with Crippen LogP contribution in [-0.2, 0) is 9.53 Å².